The first-order chi connectivity index (χ1) is 16.2. The zero-order chi connectivity index (χ0) is 24.3. The quantitative estimate of drug-likeness (QED) is 0.302. The molecule has 8 nitrogen and oxygen atoms in total. The topological polar surface area (TPSA) is 88.1 Å². The molecule has 0 radical (unpaired) electrons. The third kappa shape index (κ3) is 5.33. The van der Waals surface area contributed by atoms with E-state index in [0.717, 1.165) is 12.1 Å². The Morgan fingerprint density at radius 3 is 2.47 bits per heavy atom. The zero-order valence-electron chi connectivity index (χ0n) is 18.4. The fourth-order valence-corrected chi connectivity index (χ4v) is 3.97. The van der Waals surface area contributed by atoms with Crippen LogP contribution in [0.25, 0.3) is 5.69 Å². The molecule has 0 spiro atoms. The molecule has 0 amide bonds. The molecule has 34 heavy (non-hydrogen) atoms. The molecule has 4 aromatic rings. The summed E-state index contributed by atoms with van der Waals surface area (Å²) in [5.74, 6) is 2.39. The van der Waals surface area contributed by atoms with Gasteiger partial charge in [0.15, 0.2) is 16.8 Å². The first-order valence-electron chi connectivity index (χ1n) is 10.1. The maximum absolute atomic E-state index is 13.4. The van der Waals surface area contributed by atoms with Crippen molar-refractivity contribution in [2.24, 2.45) is 0 Å². The third-order valence-corrected chi connectivity index (χ3v) is 5.76. The first-order valence-corrected chi connectivity index (χ1v) is 11.0. The second-order valence-corrected chi connectivity index (χ2v) is 8.49. The van der Waals surface area contributed by atoms with Gasteiger partial charge in [0.25, 0.3) is 0 Å². The molecule has 1 atom stereocenters. The van der Waals surface area contributed by atoms with E-state index in [4.69, 9.17) is 14.0 Å². The molecule has 1 unspecified atom stereocenters. The molecule has 2 aromatic heterocycles. The predicted molar refractivity (Wildman–Crippen MR) is 117 cm³/mol. The van der Waals surface area contributed by atoms with Gasteiger partial charge in [0.05, 0.1) is 23.6 Å². The van der Waals surface area contributed by atoms with Gasteiger partial charge in [0.1, 0.15) is 18.1 Å². The van der Waals surface area contributed by atoms with E-state index in [1.54, 1.807) is 44.4 Å². The molecular formula is C22H20F3N5O3S. The van der Waals surface area contributed by atoms with Crippen LogP contribution in [0, 0.1) is 6.92 Å². The summed E-state index contributed by atoms with van der Waals surface area (Å²) in [4.78, 5) is 4.21. The smallest absolute Gasteiger partial charge is 0.416 e. The molecule has 12 heteroatoms. The van der Waals surface area contributed by atoms with Crippen molar-refractivity contribution in [3.05, 3.63) is 71.6 Å². The number of hydrogen-bond donors (Lipinski definition) is 0. The Labute approximate surface area is 197 Å². The van der Waals surface area contributed by atoms with Gasteiger partial charge in [-0.25, -0.2) is 0 Å². The van der Waals surface area contributed by atoms with Crippen molar-refractivity contribution < 1.29 is 27.2 Å². The van der Waals surface area contributed by atoms with Crippen LogP contribution in [0.4, 0.5) is 13.2 Å². The molecule has 2 heterocycles. The number of methoxy groups -OCH3 is 1. The zero-order valence-corrected chi connectivity index (χ0v) is 19.2. The Morgan fingerprint density at radius 1 is 1.09 bits per heavy atom. The van der Waals surface area contributed by atoms with Crippen LogP contribution in [0.15, 0.2) is 58.2 Å². The summed E-state index contributed by atoms with van der Waals surface area (Å²) in [5.41, 5.74) is -0.526. The number of thioether (sulfide) groups is 1. The highest BCUT2D eigenvalue weighted by molar-refractivity contribution is 7.99. The number of benzene rings is 2. The van der Waals surface area contributed by atoms with E-state index in [9.17, 15) is 13.2 Å². The van der Waals surface area contributed by atoms with E-state index in [1.165, 1.54) is 22.4 Å². The Hall–Kier alpha value is -3.54. The number of rotatable bonds is 8. The van der Waals surface area contributed by atoms with Crippen LogP contribution in [-0.2, 0) is 12.8 Å². The molecule has 0 aliphatic carbocycles. The largest absolute Gasteiger partial charge is 0.497 e. The minimum Gasteiger partial charge on any atom is -0.497 e. The summed E-state index contributed by atoms with van der Waals surface area (Å²) in [7, 11) is 1.56. The second kappa shape index (κ2) is 9.75. The van der Waals surface area contributed by atoms with Crippen molar-refractivity contribution in [3.63, 3.8) is 0 Å². The summed E-state index contributed by atoms with van der Waals surface area (Å²) in [6.07, 6.45) is -4.49. The second-order valence-electron chi connectivity index (χ2n) is 7.19. The monoisotopic (exact) mass is 491 g/mol. The number of alkyl halides is 3. The summed E-state index contributed by atoms with van der Waals surface area (Å²) in [5, 5.41) is 12.2. The molecule has 0 saturated carbocycles. The number of nitrogens with zero attached hydrogens (tertiary/aromatic N) is 5. The van der Waals surface area contributed by atoms with Crippen LogP contribution in [0.3, 0.4) is 0 Å². The first kappa shape index (κ1) is 23.6. The maximum Gasteiger partial charge on any atom is 0.416 e. The molecule has 0 saturated heterocycles. The van der Waals surface area contributed by atoms with Gasteiger partial charge < -0.3 is 14.0 Å². The van der Waals surface area contributed by atoms with Crippen molar-refractivity contribution in [1.82, 2.24) is 24.9 Å². The van der Waals surface area contributed by atoms with Gasteiger partial charge in [0, 0.05) is 0 Å². The molecule has 0 fully saturated rings. The lowest BCUT2D eigenvalue weighted by Crippen LogP contribution is -2.10. The Balaban J connectivity index is 1.66. The van der Waals surface area contributed by atoms with Crippen LogP contribution in [0.5, 0.6) is 11.5 Å². The van der Waals surface area contributed by atoms with E-state index in [2.05, 4.69) is 20.3 Å². The number of aryl methyl sites for hydroxylation is 1. The van der Waals surface area contributed by atoms with Crippen LogP contribution >= 0.6 is 11.8 Å². The summed E-state index contributed by atoms with van der Waals surface area (Å²) in [6.45, 7) is 3.50. The van der Waals surface area contributed by atoms with E-state index >= 15 is 0 Å². The summed E-state index contributed by atoms with van der Waals surface area (Å²) < 4.78 is 57.8. The molecule has 4 rings (SSSR count). The predicted octanol–water partition coefficient (Wildman–Crippen LogP) is 5.42. The lowest BCUT2D eigenvalue weighted by atomic mass is 10.2. The number of hydrogen-bond acceptors (Lipinski definition) is 8. The van der Waals surface area contributed by atoms with Gasteiger partial charge in [-0.3, -0.25) is 4.57 Å². The highest BCUT2D eigenvalue weighted by Crippen LogP contribution is 2.36. The number of halogens is 3. The van der Waals surface area contributed by atoms with Gasteiger partial charge in [-0.05, 0) is 56.3 Å². The molecule has 0 N–H and O–H groups in total. The van der Waals surface area contributed by atoms with Gasteiger partial charge in [-0.1, -0.05) is 23.0 Å². The average Bonchev–Trinajstić information content (AvgIpc) is 3.43. The summed E-state index contributed by atoms with van der Waals surface area (Å²) in [6, 6.07) is 11.9. The molecule has 178 valence electrons. The Kier molecular flexibility index (Phi) is 6.77. The minimum atomic E-state index is -4.49. The SMILES string of the molecule is COc1ccc(OCc2nnc(SC(C)c3nc(C)no3)n2-c2cccc(C(F)(F)F)c2)cc1. The van der Waals surface area contributed by atoms with Gasteiger partial charge >= 0.3 is 6.18 Å². The van der Waals surface area contributed by atoms with Gasteiger partial charge in [-0.15, -0.1) is 10.2 Å². The standard InChI is InChI=1S/C22H20F3N5O3S/c1-13(20-26-14(2)29-33-20)34-21-28-27-19(12-32-18-9-7-17(31-3)8-10-18)30(21)16-6-4-5-15(11-16)22(23,24)25/h4-11,13H,12H2,1-3H3. The fraction of sp³-hybridized carbons (Fsp3) is 0.273. The molecule has 2 aromatic carbocycles. The van der Waals surface area contributed by atoms with Crippen molar-refractivity contribution >= 4 is 11.8 Å². The number of ether oxygens (including phenoxy) is 2. The molecule has 0 aliphatic heterocycles. The van der Waals surface area contributed by atoms with Crippen molar-refractivity contribution in [2.45, 2.75) is 37.0 Å². The lowest BCUT2D eigenvalue weighted by molar-refractivity contribution is -0.137. The van der Waals surface area contributed by atoms with Gasteiger partial charge in [-0.2, -0.15) is 18.2 Å². The Morgan fingerprint density at radius 2 is 1.82 bits per heavy atom. The average molecular weight is 491 g/mol. The molecule has 0 bridgehead atoms. The van der Waals surface area contributed by atoms with E-state index in [1.807, 2.05) is 6.92 Å². The normalized spacial score (nSPS) is 12.5. The molecule has 0 aliphatic rings. The fourth-order valence-electron chi connectivity index (χ4n) is 3.06. The highest BCUT2D eigenvalue weighted by atomic mass is 32.2. The molecular weight excluding hydrogens is 471 g/mol. The van der Waals surface area contributed by atoms with E-state index in [-0.39, 0.29) is 17.5 Å². The highest BCUT2D eigenvalue weighted by Gasteiger charge is 2.31. The van der Waals surface area contributed by atoms with Crippen molar-refractivity contribution in [2.75, 3.05) is 7.11 Å². The lowest BCUT2D eigenvalue weighted by Gasteiger charge is -2.14. The van der Waals surface area contributed by atoms with Crippen LogP contribution in [0.1, 0.15) is 35.3 Å². The van der Waals surface area contributed by atoms with Crippen LogP contribution in [0.2, 0.25) is 0 Å². The minimum absolute atomic E-state index is 0.0236. The summed E-state index contributed by atoms with van der Waals surface area (Å²) >= 11 is 1.23. The van der Waals surface area contributed by atoms with E-state index < -0.39 is 11.7 Å². The van der Waals surface area contributed by atoms with Crippen molar-refractivity contribution in [1.29, 1.82) is 0 Å². The van der Waals surface area contributed by atoms with Crippen molar-refractivity contribution in [3.8, 4) is 17.2 Å². The number of aromatic nitrogens is 5. The van der Waals surface area contributed by atoms with Crippen LogP contribution in [-0.4, -0.2) is 32.0 Å². The third-order valence-electron chi connectivity index (χ3n) is 4.73. The Bertz CT molecular complexity index is 1260. The van der Waals surface area contributed by atoms with Crippen LogP contribution < -0.4 is 9.47 Å². The maximum atomic E-state index is 13.4. The van der Waals surface area contributed by atoms with Gasteiger partial charge in [0.2, 0.25) is 5.89 Å². The van der Waals surface area contributed by atoms with E-state index in [0.29, 0.717) is 34.2 Å².